The molecule has 0 spiro atoms. The first-order chi connectivity index (χ1) is 10.1. The number of nitrogens with one attached hydrogen (secondary N) is 1. The van der Waals surface area contributed by atoms with Gasteiger partial charge < -0.3 is 15.8 Å². The molecule has 3 N–H and O–H groups in total. The van der Waals surface area contributed by atoms with E-state index < -0.39 is 0 Å². The topological polar surface area (TPSA) is 64.4 Å². The fourth-order valence-electron chi connectivity index (χ4n) is 2.05. The molecule has 0 aliphatic carbocycles. The lowest BCUT2D eigenvalue weighted by atomic mass is 10.1. The lowest BCUT2D eigenvalue weighted by Crippen LogP contribution is -2.13. The Morgan fingerprint density at radius 3 is 2.62 bits per heavy atom. The molecule has 0 aliphatic heterocycles. The van der Waals surface area contributed by atoms with Gasteiger partial charge in [-0.2, -0.15) is 0 Å². The Morgan fingerprint density at radius 2 is 2.00 bits per heavy atom. The number of amides is 1. The first kappa shape index (κ1) is 17.4. The maximum atomic E-state index is 11.9. The Balaban J connectivity index is 2.53. The summed E-state index contributed by atoms with van der Waals surface area (Å²) in [6, 6.07) is 5.28. The third-order valence-corrected chi connectivity index (χ3v) is 3.50. The van der Waals surface area contributed by atoms with E-state index in [0.717, 1.165) is 18.4 Å². The van der Waals surface area contributed by atoms with Gasteiger partial charge in [0.25, 0.3) is 0 Å². The van der Waals surface area contributed by atoms with Crippen LogP contribution >= 0.6 is 12.2 Å². The predicted molar refractivity (Wildman–Crippen MR) is 90.9 cm³/mol. The largest absolute Gasteiger partial charge is 0.495 e. The molecule has 0 aromatic heterocycles. The number of benzene rings is 1. The fraction of sp³-hybridized carbons (Fsp3) is 0.500. The number of unbranched alkanes of at least 4 members (excludes halogenated alkanes) is 4. The minimum Gasteiger partial charge on any atom is -0.495 e. The molecule has 0 radical (unpaired) electrons. The average Bonchev–Trinajstić information content (AvgIpc) is 2.47. The number of anilines is 1. The van der Waals surface area contributed by atoms with E-state index in [1.54, 1.807) is 25.3 Å². The number of hydrogen-bond acceptors (Lipinski definition) is 3. The molecule has 0 aliphatic rings. The normalized spacial score (nSPS) is 10.2. The second kappa shape index (κ2) is 9.34. The summed E-state index contributed by atoms with van der Waals surface area (Å²) in [5, 5.41) is 2.87. The van der Waals surface area contributed by atoms with Crippen molar-refractivity contribution >= 4 is 28.8 Å². The first-order valence-electron chi connectivity index (χ1n) is 7.36. The van der Waals surface area contributed by atoms with Crippen molar-refractivity contribution in [2.75, 3.05) is 12.4 Å². The van der Waals surface area contributed by atoms with E-state index in [0.29, 0.717) is 22.8 Å². The molecule has 0 saturated carbocycles. The lowest BCUT2D eigenvalue weighted by molar-refractivity contribution is -0.116. The highest BCUT2D eigenvalue weighted by Crippen LogP contribution is 2.25. The molecular weight excluding hydrogens is 284 g/mol. The first-order valence-corrected chi connectivity index (χ1v) is 7.77. The predicted octanol–water partition coefficient (Wildman–Crippen LogP) is 3.63. The van der Waals surface area contributed by atoms with Crippen LogP contribution in [0.1, 0.15) is 51.0 Å². The molecule has 0 bridgehead atoms. The molecule has 0 unspecified atom stereocenters. The molecule has 4 nitrogen and oxygen atoms in total. The summed E-state index contributed by atoms with van der Waals surface area (Å²) in [5.74, 6) is 0.576. The number of ether oxygens (including phenoxy) is 1. The summed E-state index contributed by atoms with van der Waals surface area (Å²) in [5.41, 5.74) is 6.95. The maximum Gasteiger partial charge on any atom is 0.224 e. The van der Waals surface area contributed by atoms with Crippen LogP contribution in [0.2, 0.25) is 0 Å². The zero-order valence-corrected chi connectivity index (χ0v) is 13.6. The van der Waals surface area contributed by atoms with Gasteiger partial charge in [0.2, 0.25) is 5.91 Å². The second-order valence-corrected chi connectivity index (χ2v) is 5.43. The zero-order valence-electron chi connectivity index (χ0n) is 12.8. The van der Waals surface area contributed by atoms with Crippen LogP contribution < -0.4 is 15.8 Å². The Labute approximate surface area is 132 Å². The van der Waals surface area contributed by atoms with Crippen molar-refractivity contribution < 1.29 is 9.53 Å². The van der Waals surface area contributed by atoms with E-state index in [9.17, 15) is 4.79 Å². The van der Waals surface area contributed by atoms with Gasteiger partial charge in [0.05, 0.1) is 12.8 Å². The van der Waals surface area contributed by atoms with Crippen molar-refractivity contribution in [3.8, 4) is 5.75 Å². The molecule has 0 fully saturated rings. The summed E-state index contributed by atoms with van der Waals surface area (Å²) in [6.07, 6.45) is 6.17. The highest BCUT2D eigenvalue weighted by molar-refractivity contribution is 7.80. The number of carbonyl (C=O) groups is 1. The Hall–Kier alpha value is -1.62. The van der Waals surface area contributed by atoms with Crippen molar-refractivity contribution in [3.05, 3.63) is 23.8 Å². The van der Waals surface area contributed by atoms with Crippen molar-refractivity contribution in [1.82, 2.24) is 0 Å². The highest BCUT2D eigenvalue weighted by Gasteiger charge is 2.09. The van der Waals surface area contributed by atoms with Gasteiger partial charge in [0.15, 0.2) is 0 Å². The van der Waals surface area contributed by atoms with Crippen molar-refractivity contribution in [1.29, 1.82) is 0 Å². The second-order valence-electron chi connectivity index (χ2n) is 4.99. The van der Waals surface area contributed by atoms with Crippen LogP contribution in [0.25, 0.3) is 0 Å². The third-order valence-electron chi connectivity index (χ3n) is 3.27. The molecule has 1 aromatic carbocycles. The number of carbonyl (C=O) groups excluding carboxylic acids is 1. The number of hydrogen-bond donors (Lipinski definition) is 2. The summed E-state index contributed by atoms with van der Waals surface area (Å²) >= 11 is 4.93. The average molecular weight is 308 g/mol. The Kier molecular flexibility index (Phi) is 7.75. The maximum absolute atomic E-state index is 11.9. The summed E-state index contributed by atoms with van der Waals surface area (Å²) in [4.78, 5) is 12.2. The SMILES string of the molecule is CCCCCCCC(=O)Nc1ccc(C(N)=S)cc1OC. The standard InChI is InChI=1S/C16H24N2O2S/c1-3-4-5-6-7-8-15(19)18-13-10-9-12(16(17)21)11-14(13)20-2/h9-11H,3-8H2,1-2H3,(H2,17,21)(H,18,19). The fourth-order valence-corrected chi connectivity index (χ4v) is 2.18. The zero-order chi connectivity index (χ0) is 15.7. The van der Waals surface area contributed by atoms with Crippen molar-refractivity contribution in [2.45, 2.75) is 45.4 Å². The molecule has 116 valence electrons. The van der Waals surface area contributed by atoms with Crippen LogP contribution in [0.15, 0.2) is 18.2 Å². The van der Waals surface area contributed by atoms with Crippen LogP contribution in [0, 0.1) is 0 Å². The minimum absolute atomic E-state index is 0.00729. The van der Waals surface area contributed by atoms with Crippen LogP contribution in [0.4, 0.5) is 5.69 Å². The number of rotatable bonds is 9. The van der Waals surface area contributed by atoms with Crippen LogP contribution in [-0.4, -0.2) is 18.0 Å². The minimum atomic E-state index is 0.00729. The molecule has 0 saturated heterocycles. The van der Waals surface area contributed by atoms with Gasteiger partial charge in [-0.25, -0.2) is 0 Å². The molecule has 1 rings (SSSR count). The molecule has 0 heterocycles. The molecule has 5 heteroatoms. The molecule has 0 atom stereocenters. The van der Waals surface area contributed by atoms with E-state index in [4.69, 9.17) is 22.7 Å². The van der Waals surface area contributed by atoms with Gasteiger partial charge in [-0.05, 0) is 24.6 Å². The van der Waals surface area contributed by atoms with Gasteiger partial charge >= 0.3 is 0 Å². The Morgan fingerprint density at radius 1 is 1.29 bits per heavy atom. The molecule has 1 amide bonds. The molecular formula is C16H24N2O2S. The monoisotopic (exact) mass is 308 g/mol. The number of thiocarbonyl (C=S) groups is 1. The van der Waals surface area contributed by atoms with E-state index >= 15 is 0 Å². The van der Waals surface area contributed by atoms with E-state index in [1.807, 2.05) is 0 Å². The Bertz CT molecular complexity index is 489. The van der Waals surface area contributed by atoms with Gasteiger partial charge in [0.1, 0.15) is 10.7 Å². The summed E-state index contributed by atoms with van der Waals surface area (Å²) < 4.78 is 5.26. The summed E-state index contributed by atoms with van der Waals surface area (Å²) in [7, 11) is 1.55. The number of methoxy groups -OCH3 is 1. The van der Waals surface area contributed by atoms with Crippen molar-refractivity contribution in [3.63, 3.8) is 0 Å². The van der Waals surface area contributed by atoms with Crippen LogP contribution in [0.5, 0.6) is 5.75 Å². The molecule has 21 heavy (non-hydrogen) atoms. The smallest absolute Gasteiger partial charge is 0.224 e. The van der Waals surface area contributed by atoms with Gasteiger partial charge in [-0.3, -0.25) is 4.79 Å². The third kappa shape index (κ3) is 6.12. The van der Waals surface area contributed by atoms with Gasteiger partial charge in [-0.15, -0.1) is 0 Å². The number of nitrogens with two attached hydrogens (primary N) is 1. The van der Waals surface area contributed by atoms with Crippen LogP contribution in [-0.2, 0) is 4.79 Å². The summed E-state index contributed by atoms with van der Waals surface area (Å²) in [6.45, 7) is 2.18. The quantitative estimate of drug-likeness (QED) is 0.540. The van der Waals surface area contributed by atoms with Crippen LogP contribution in [0.3, 0.4) is 0 Å². The molecule has 1 aromatic rings. The van der Waals surface area contributed by atoms with E-state index in [1.165, 1.54) is 19.3 Å². The van der Waals surface area contributed by atoms with E-state index in [2.05, 4.69) is 12.2 Å². The van der Waals surface area contributed by atoms with Gasteiger partial charge in [-0.1, -0.05) is 44.8 Å². The highest BCUT2D eigenvalue weighted by atomic mass is 32.1. The van der Waals surface area contributed by atoms with E-state index in [-0.39, 0.29) is 5.91 Å². The van der Waals surface area contributed by atoms with Crippen molar-refractivity contribution in [2.24, 2.45) is 5.73 Å². The lowest BCUT2D eigenvalue weighted by Gasteiger charge is -2.11. The van der Waals surface area contributed by atoms with Gasteiger partial charge in [0, 0.05) is 12.0 Å².